The SMILES string of the molecule is CC(C)(C)Cc1nc2c(c(=O)n(CC3CC3)c(=O)n2CCc2ccccc2)n1Cc1ccc(-c2ccccc2-c2nn[nH]n2)cc1. The first-order valence-corrected chi connectivity index (χ1v) is 15.9. The maximum Gasteiger partial charge on any atom is 0.332 e. The summed E-state index contributed by atoms with van der Waals surface area (Å²) in [6.45, 7) is 7.86. The van der Waals surface area contributed by atoms with Crippen molar-refractivity contribution in [3.8, 4) is 22.5 Å². The van der Waals surface area contributed by atoms with Crippen LogP contribution in [-0.2, 0) is 32.5 Å². The summed E-state index contributed by atoms with van der Waals surface area (Å²) in [6, 6.07) is 26.4. The first-order valence-electron chi connectivity index (χ1n) is 15.9. The number of nitrogens with zero attached hydrogens (tertiary/aromatic N) is 7. The van der Waals surface area contributed by atoms with Crippen LogP contribution in [0.5, 0.6) is 0 Å². The molecule has 0 aliphatic heterocycles. The Morgan fingerprint density at radius 1 is 0.826 bits per heavy atom. The molecule has 3 heterocycles. The highest BCUT2D eigenvalue weighted by Crippen LogP contribution is 2.31. The standard InChI is InChI=1S/C36H38N8O2/c1-36(2,3)21-30-37-33-31(34(45)44(23-25-13-14-25)35(46)42(33)20-19-24-9-5-4-6-10-24)43(30)22-26-15-17-27(18-16-26)28-11-7-8-12-29(28)32-38-40-41-39-32/h4-12,15-18,25H,13-14,19-23H2,1-3H3,(H,38,39,40,41). The minimum atomic E-state index is -0.267. The van der Waals surface area contributed by atoms with E-state index in [2.05, 4.69) is 77.8 Å². The van der Waals surface area contributed by atoms with E-state index in [9.17, 15) is 9.59 Å². The Kier molecular flexibility index (Phi) is 7.72. The van der Waals surface area contributed by atoms with Gasteiger partial charge in [-0.15, -0.1) is 10.2 Å². The molecule has 0 atom stereocenters. The van der Waals surface area contributed by atoms with Gasteiger partial charge in [-0.1, -0.05) is 99.6 Å². The molecule has 0 radical (unpaired) electrons. The normalized spacial score (nSPS) is 13.5. The lowest BCUT2D eigenvalue weighted by atomic mass is 9.92. The minimum Gasteiger partial charge on any atom is -0.318 e. The monoisotopic (exact) mass is 614 g/mol. The topological polar surface area (TPSA) is 116 Å². The molecule has 3 aromatic carbocycles. The van der Waals surface area contributed by atoms with E-state index in [0.29, 0.717) is 55.4 Å². The van der Waals surface area contributed by atoms with Gasteiger partial charge in [0.1, 0.15) is 5.82 Å². The van der Waals surface area contributed by atoms with Gasteiger partial charge in [-0.3, -0.25) is 13.9 Å². The van der Waals surface area contributed by atoms with E-state index in [-0.39, 0.29) is 16.7 Å². The zero-order chi connectivity index (χ0) is 31.8. The number of hydrogen-bond donors (Lipinski definition) is 1. The molecule has 3 aromatic heterocycles. The second kappa shape index (κ2) is 12.0. The van der Waals surface area contributed by atoms with Crippen LogP contribution in [0.25, 0.3) is 33.7 Å². The fraction of sp³-hybridized carbons (Fsp3) is 0.333. The highest BCUT2D eigenvalue weighted by atomic mass is 16.2. The molecule has 1 aliphatic carbocycles. The van der Waals surface area contributed by atoms with Crippen molar-refractivity contribution in [2.75, 3.05) is 0 Å². The quantitative estimate of drug-likeness (QED) is 0.218. The number of rotatable bonds is 10. The van der Waals surface area contributed by atoms with Crippen molar-refractivity contribution in [3.63, 3.8) is 0 Å². The van der Waals surface area contributed by atoms with Crippen LogP contribution in [-0.4, -0.2) is 39.3 Å². The fourth-order valence-electron chi connectivity index (χ4n) is 6.10. The summed E-state index contributed by atoms with van der Waals surface area (Å²) in [6.07, 6.45) is 3.42. The van der Waals surface area contributed by atoms with Gasteiger partial charge in [0.2, 0.25) is 5.82 Å². The molecular weight excluding hydrogens is 576 g/mol. The van der Waals surface area contributed by atoms with Gasteiger partial charge in [0.25, 0.3) is 5.56 Å². The highest BCUT2D eigenvalue weighted by molar-refractivity contribution is 5.80. The molecule has 0 unspecified atom stereocenters. The number of fused-ring (bicyclic) bond motifs is 1. The van der Waals surface area contributed by atoms with Crippen LogP contribution < -0.4 is 11.2 Å². The average Bonchev–Trinajstić information content (AvgIpc) is 3.57. The molecule has 7 rings (SSSR count). The summed E-state index contributed by atoms with van der Waals surface area (Å²) < 4.78 is 5.24. The van der Waals surface area contributed by atoms with E-state index in [1.165, 1.54) is 4.57 Å². The van der Waals surface area contributed by atoms with Crippen LogP contribution in [0.2, 0.25) is 0 Å². The van der Waals surface area contributed by atoms with Crippen molar-refractivity contribution in [2.24, 2.45) is 11.3 Å². The summed E-state index contributed by atoms with van der Waals surface area (Å²) >= 11 is 0. The van der Waals surface area contributed by atoms with Crippen LogP contribution in [0.15, 0.2) is 88.5 Å². The van der Waals surface area contributed by atoms with Crippen LogP contribution in [0.3, 0.4) is 0 Å². The minimum absolute atomic E-state index is 0.0793. The average molecular weight is 615 g/mol. The number of aryl methyl sites for hydroxylation is 2. The van der Waals surface area contributed by atoms with E-state index in [1.54, 1.807) is 4.57 Å². The molecule has 1 fully saturated rings. The molecule has 234 valence electrons. The van der Waals surface area contributed by atoms with Gasteiger partial charge in [0.15, 0.2) is 11.2 Å². The number of aromatic nitrogens is 8. The highest BCUT2D eigenvalue weighted by Gasteiger charge is 2.28. The fourth-order valence-corrected chi connectivity index (χ4v) is 6.10. The van der Waals surface area contributed by atoms with E-state index in [4.69, 9.17) is 4.98 Å². The van der Waals surface area contributed by atoms with Crippen molar-refractivity contribution < 1.29 is 0 Å². The molecule has 1 aliphatic rings. The molecule has 6 aromatic rings. The second-order valence-corrected chi connectivity index (χ2v) is 13.5. The lowest BCUT2D eigenvalue weighted by Gasteiger charge is -2.19. The second-order valence-electron chi connectivity index (χ2n) is 13.5. The Morgan fingerprint density at radius 2 is 1.54 bits per heavy atom. The van der Waals surface area contributed by atoms with E-state index >= 15 is 0 Å². The number of benzene rings is 3. The van der Waals surface area contributed by atoms with Gasteiger partial charge < -0.3 is 4.57 Å². The predicted molar refractivity (Wildman–Crippen MR) is 178 cm³/mol. The number of H-pyrrole nitrogens is 1. The van der Waals surface area contributed by atoms with Gasteiger partial charge in [0.05, 0.1) is 0 Å². The smallest absolute Gasteiger partial charge is 0.318 e. The molecular formula is C36H38N8O2. The number of hydrogen-bond acceptors (Lipinski definition) is 6. The molecule has 46 heavy (non-hydrogen) atoms. The number of imidazole rings is 1. The van der Waals surface area contributed by atoms with Crippen molar-refractivity contribution in [3.05, 3.63) is 117 Å². The zero-order valence-corrected chi connectivity index (χ0v) is 26.5. The molecule has 1 saturated carbocycles. The lowest BCUT2D eigenvalue weighted by Crippen LogP contribution is -2.41. The summed E-state index contributed by atoms with van der Waals surface area (Å²) in [5.74, 6) is 1.72. The van der Waals surface area contributed by atoms with E-state index < -0.39 is 0 Å². The Bertz CT molecular complexity index is 2100. The zero-order valence-electron chi connectivity index (χ0n) is 26.5. The van der Waals surface area contributed by atoms with Gasteiger partial charge >= 0.3 is 5.69 Å². The van der Waals surface area contributed by atoms with Gasteiger partial charge in [-0.2, -0.15) is 5.21 Å². The Labute approximate surface area is 266 Å². The van der Waals surface area contributed by atoms with Crippen LogP contribution in [0.4, 0.5) is 0 Å². The van der Waals surface area contributed by atoms with Gasteiger partial charge in [-0.25, -0.2) is 9.78 Å². The summed E-state index contributed by atoms with van der Waals surface area (Å²) in [5, 5.41) is 14.6. The molecule has 0 spiro atoms. The predicted octanol–water partition coefficient (Wildman–Crippen LogP) is 5.50. The number of nitrogens with one attached hydrogen (secondary N) is 1. The first-order chi connectivity index (χ1) is 22.2. The first kappa shape index (κ1) is 29.6. The Balaban J connectivity index is 1.32. The Hall–Kier alpha value is -5.12. The van der Waals surface area contributed by atoms with Crippen LogP contribution in [0, 0.1) is 11.3 Å². The third-order valence-electron chi connectivity index (χ3n) is 8.61. The number of aromatic amines is 1. The summed E-state index contributed by atoms with van der Waals surface area (Å²) in [4.78, 5) is 33.1. The van der Waals surface area contributed by atoms with Crippen molar-refractivity contribution in [1.82, 2.24) is 39.3 Å². The van der Waals surface area contributed by atoms with E-state index in [0.717, 1.165) is 46.5 Å². The van der Waals surface area contributed by atoms with Crippen LogP contribution >= 0.6 is 0 Å². The lowest BCUT2D eigenvalue weighted by molar-refractivity contribution is 0.394. The van der Waals surface area contributed by atoms with Gasteiger partial charge in [0, 0.05) is 31.6 Å². The number of tetrazole rings is 1. The van der Waals surface area contributed by atoms with Gasteiger partial charge in [-0.05, 0) is 58.1 Å². The maximum atomic E-state index is 14.2. The molecule has 10 nitrogen and oxygen atoms in total. The van der Waals surface area contributed by atoms with E-state index in [1.807, 2.05) is 47.0 Å². The molecule has 0 amide bonds. The third kappa shape index (κ3) is 6.07. The van der Waals surface area contributed by atoms with Crippen molar-refractivity contribution >= 4 is 11.2 Å². The van der Waals surface area contributed by atoms with Crippen LogP contribution in [0.1, 0.15) is 50.6 Å². The summed E-state index contributed by atoms with van der Waals surface area (Å²) in [7, 11) is 0. The van der Waals surface area contributed by atoms with Crippen molar-refractivity contribution in [2.45, 2.75) is 66.1 Å². The van der Waals surface area contributed by atoms with Crippen molar-refractivity contribution in [1.29, 1.82) is 0 Å². The molecule has 10 heteroatoms. The molecule has 1 N–H and O–H groups in total. The summed E-state index contributed by atoms with van der Waals surface area (Å²) in [5.41, 5.74) is 5.47. The Morgan fingerprint density at radius 3 is 2.22 bits per heavy atom. The maximum absolute atomic E-state index is 14.2. The molecule has 0 saturated heterocycles. The molecule has 0 bridgehead atoms. The largest absolute Gasteiger partial charge is 0.332 e. The third-order valence-corrected chi connectivity index (χ3v) is 8.61.